The lowest BCUT2D eigenvalue weighted by atomic mass is 9.71. The number of hydrogen-bond acceptors (Lipinski definition) is 4. The monoisotopic (exact) mass is 211 g/mol. The molecule has 4 heteroatoms. The number of fused-ring (bicyclic) bond motifs is 1. The van der Waals surface area contributed by atoms with Gasteiger partial charge in [-0.2, -0.15) is 0 Å². The van der Waals surface area contributed by atoms with Crippen LogP contribution in [0.15, 0.2) is 0 Å². The normalized spacial score (nSPS) is 34.5. The molecule has 1 saturated heterocycles. The van der Waals surface area contributed by atoms with Crippen LogP contribution in [0.3, 0.4) is 0 Å². The second-order valence-electron chi connectivity index (χ2n) is 4.33. The number of carbonyl (C=O) groups is 1. The van der Waals surface area contributed by atoms with Crippen LogP contribution in [0.5, 0.6) is 0 Å². The lowest BCUT2D eigenvalue weighted by Crippen LogP contribution is -2.42. The molecule has 15 heavy (non-hydrogen) atoms. The molecule has 84 valence electrons. The lowest BCUT2D eigenvalue weighted by molar-refractivity contribution is -0.161. The SMILES string of the molecule is CCOC(=O)[C@@]12CCCC[C@@H]1OC(=N)C2. The second kappa shape index (κ2) is 3.83. The molecule has 1 heterocycles. The first-order chi connectivity index (χ1) is 7.19. The number of esters is 1. The van der Waals surface area contributed by atoms with Crippen LogP contribution < -0.4 is 0 Å². The molecule has 0 aromatic carbocycles. The van der Waals surface area contributed by atoms with E-state index in [1.165, 1.54) is 0 Å². The maximum atomic E-state index is 11.9. The fourth-order valence-corrected chi connectivity index (χ4v) is 2.66. The summed E-state index contributed by atoms with van der Waals surface area (Å²) in [5, 5.41) is 7.56. The highest BCUT2D eigenvalue weighted by molar-refractivity contribution is 5.88. The van der Waals surface area contributed by atoms with Crippen molar-refractivity contribution < 1.29 is 14.3 Å². The number of rotatable bonds is 2. The summed E-state index contributed by atoms with van der Waals surface area (Å²) in [6, 6.07) is 0. The average Bonchev–Trinajstić information content (AvgIpc) is 2.55. The average molecular weight is 211 g/mol. The minimum Gasteiger partial charge on any atom is -0.477 e. The Hall–Kier alpha value is -1.06. The van der Waals surface area contributed by atoms with Crippen LogP contribution in [-0.2, 0) is 14.3 Å². The zero-order chi connectivity index (χ0) is 10.9. The van der Waals surface area contributed by atoms with Gasteiger partial charge in [0.2, 0.25) is 0 Å². The molecule has 0 aromatic heterocycles. The van der Waals surface area contributed by atoms with Gasteiger partial charge < -0.3 is 9.47 Å². The largest absolute Gasteiger partial charge is 0.477 e. The van der Waals surface area contributed by atoms with Gasteiger partial charge in [0, 0.05) is 6.42 Å². The van der Waals surface area contributed by atoms with Crippen molar-refractivity contribution in [3.8, 4) is 0 Å². The first-order valence-corrected chi connectivity index (χ1v) is 5.60. The summed E-state index contributed by atoms with van der Waals surface area (Å²) < 4.78 is 10.5. The third kappa shape index (κ3) is 1.62. The van der Waals surface area contributed by atoms with Crippen molar-refractivity contribution in [2.45, 2.75) is 45.1 Å². The van der Waals surface area contributed by atoms with E-state index in [1.54, 1.807) is 0 Å². The summed E-state index contributed by atoms with van der Waals surface area (Å²) in [4.78, 5) is 11.9. The standard InChI is InChI=1S/C11H17NO3/c1-2-14-10(13)11-6-4-3-5-8(11)15-9(12)7-11/h8,12H,2-7H2,1H3/t8-,11+/m0/s1. The fraction of sp³-hybridized carbons (Fsp3) is 0.818. The lowest BCUT2D eigenvalue weighted by Gasteiger charge is -2.34. The molecule has 0 radical (unpaired) electrons. The summed E-state index contributed by atoms with van der Waals surface area (Å²) in [6.07, 6.45) is 4.11. The molecular formula is C11H17NO3. The molecule has 1 saturated carbocycles. The van der Waals surface area contributed by atoms with E-state index in [9.17, 15) is 4.79 Å². The molecule has 0 bridgehead atoms. The predicted molar refractivity (Wildman–Crippen MR) is 54.8 cm³/mol. The van der Waals surface area contributed by atoms with Crippen LogP contribution in [-0.4, -0.2) is 24.6 Å². The second-order valence-corrected chi connectivity index (χ2v) is 4.33. The molecule has 2 aliphatic rings. The summed E-state index contributed by atoms with van der Waals surface area (Å²) >= 11 is 0. The van der Waals surface area contributed by atoms with Crippen molar-refractivity contribution in [2.75, 3.05) is 6.61 Å². The van der Waals surface area contributed by atoms with Gasteiger partial charge in [-0.1, -0.05) is 6.42 Å². The predicted octanol–water partition coefficient (Wildman–Crippen LogP) is 1.88. The minimum atomic E-state index is -0.536. The van der Waals surface area contributed by atoms with Gasteiger partial charge in [0.15, 0.2) is 5.90 Å². The maximum absolute atomic E-state index is 11.9. The van der Waals surface area contributed by atoms with E-state index in [0.717, 1.165) is 25.7 Å². The third-order valence-corrected chi connectivity index (χ3v) is 3.40. The van der Waals surface area contributed by atoms with Crippen LogP contribution >= 0.6 is 0 Å². The Morgan fingerprint density at radius 2 is 2.47 bits per heavy atom. The van der Waals surface area contributed by atoms with Crippen LogP contribution in [0, 0.1) is 10.8 Å². The highest BCUT2D eigenvalue weighted by atomic mass is 16.5. The zero-order valence-corrected chi connectivity index (χ0v) is 9.04. The van der Waals surface area contributed by atoms with E-state index >= 15 is 0 Å². The van der Waals surface area contributed by atoms with Crippen LogP contribution in [0.25, 0.3) is 0 Å². The number of nitrogens with one attached hydrogen (secondary N) is 1. The van der Waals surface area contributed by atoms with E-state index in [-0.39, 0.29) is 18.0 Å². The first-order valence-electron chi connectivity index (χ1n) is 5.60. The van der Waals surface area contributed by atoms with Gasteiger partial charge in [-0.05, 0) is 26.2 Å². The summed E-state index contributed by atoms with van der Waals surface area (Å²) in [7, 11) is 0. The van der Waals surface area contributed by atoms with Gasteiger partial charge in [-0.15, -0.1) is 0 Å². The van der Waals surface area contributed by atoms with Crippen molar-refractivity contribution in [3.63, 3.8) is 0 Å². The molecule has 0 unspecified atom stereocenters. The molecule has 1 aliphatic heterocycles. The molecule has 2 fully saturated rings. The van der Waals surface area contributed by atoms with Gasteiger partial charge in [-0.3, -0.25) is 10.2 Å². The minimum absolute atomic E-state index is 0.113. The molecule has 2 atom stereocenters. The summed E-state index contributed by atoms with van der Waals surface area (Å²) in [5.41, 5.74) is -0.536. The number of ether oxygens (including phenoxy) is 2. The van der Waals surface area contributed by atoms with Crippen molar-refractivity contribution in [1.29, 1.82) is 5.41 Å². The van der Waals surface area contributed by atoms with E-state index in [4.69, 9.17) is 14.9 Å². The van der Waals surface area contributed by atoms with E-state index < -0.39 is 5.41 Å². The van der Waals surface area contributed by atoms with Gasteiger partial charge in [-0.25, -0.2) is 0 Å². The highest BCUT2D eigenvalue weighted by Crippen LogP contribution is 2.47. The molecule has 0 amide bonds. The molecule has 1 aliphatic carbocycles. The van der Waals surface area contributed by atoms with Crippen LogP contribution in [0.4, 0.5) is 0 Å². The van der Waals surface area contributed by atoms with E-state index in [2.05, 4.69) is 0 Å². The molecule has 0 spiro atoms. The molecule has 2 rings (SSSR count). The Kier molecular flexibility index (Phi) is 2.67. The van der Waals surface area contributed by atoms with Gasteiger partial charge in [0.1, 0.15) is 11.5 Å². The Labute approximate surface area is 89.5 Å². The maximum Gasteiger partial charge on any atom is 0.316 e. The number of carbonyl (C=O) groups excluding carboxylic acids is 1. The number of hydrogen-bond donors (Lipinski definition) is 1. The third-order valence-electron chi connectivity index (χ3n) is 3.40. The summed E-state index contributed by atoms with van der Waals surface area (Å²) in [6.45, 7) is 2.22. The van der Waals surface area contributed by atoms with Crippen molar-refractivity contribution in [2.24, 2.45) is 5.41 Å². The molecule has 0 aromatic rings. The van der Waals surface area contributed by atoms with Crippen molar-refractivity contribution in [3.05, 3.63) is 0 Å². The highest BCUT2D eigenvalue weighted by Gasteiger charge is 2.55. The smallest absolute Gasteiger partial charge is 0.316 e. The van der Waals surface area contributed by atoms with Gasteiger partial charge in [0.05, 0.1) is 6.61 Å². The summed E-state index contributed by atoms with van der Waals surface area (Å²) in [5.74, 6) is 0.0758. The quantitative estimate of drug-likeness (QED) is 0.709. The van der Waals surface area contributed by atoms with Crippen molar-refractivity contribution >= 4 is 11.9 Å². The van der Waals surface area contributed by atoms with E-state index in [1.807, 2.05) is 6.92 Å². The zero-order valence-electron chi connectivity index (χ0n) is 9.04. The van der Waals surface area contributed by atoms with Crippen molar-refractivity contribution in [1.82, 2.24) is 0 Å². The Morgan fingerprint density at radius 1 is 1.67 bits per heavy atom. The Balaban J connectivity index is 2.21. The molecular weight excluding hydrogens is 194 g/mol. The Morgan fingerprint density at radius 3 is 3.20 bits per heavy atom. The molecule has 1 N–H and O–H groups in total. The van der Waals surface area contributed by atoms with Crippen LogP contribution in [0.2, 0.25) is 0 Å². The van der Waals surface area contributed by atoms with Gasteiger partial charge >= 0.3 is 5.97 Å². The van der Waals surface area contributed by atoms with Crippen LogP contribution in [0.1, 0.15) is 39.0 Å². The van der Waals surface area contributed by atoms with E-state index in [0.29, 0.717) is 13.0 Å². The van der Waals surface area contributed by atoms with Gasteiger partial charge in [0.25, 0.3) is 0 Å². The molecule has 4 nitrogen and oxygen atoms in total. The Bertz CT molecular complexity index is 290. The first kappa shape index (κ1) is 10.5. The topological polar surface area (TPSA) is 59.4 Å². The fourth-order valence-electron chi connectivity index (χ4n) is 2.66.